The second kappa shape index (κ2) is 4.43. The smallest absolute Gasteiger partial charge is 0.305 e. The van der Waals surface area contributed by atoms with Crippen LogP contribution in [0, 0.1) is 5.92 Å². The van der Waals surface area contributed by atoms with Gasteiger partial charge in [0.2, 0.25) is 0 Å². The van der Waals surface area contributed by atoms with E-state index in [0.717, 1.165) is 0 Å². The van der Waals surface area contributed by atoms with E-state index in [4.69, 9.17) is 5.11 Å². The molecular weight excluding hydrogens is 199 g/mol. The van der Waals surface area contributed by atoms with E-state index in [1.54, 1.807) is 13.8 Å². The van der Waals surface area contributed by atoms with Crippen molar-refractivity contribution >= 4 is 29.9 Å². The molecule has 1 N–H and O–H groups in total. The normalized spacial score (nSPS) is 7.86. The Balaban J connectivity index is 0. The zero-order chi connectivity index (χ0) is 5.15. The van der Waals surface area contributed by atoms with Crippen LogP contribution in [0.3, 0.4) is 0 Å². The van der Waals surface area contributed by atoms with E-state index in [-0.39, 0.29) is 29.8 Å². The Hall–Kier alpha value is 0.269. The molecule has 0 aliphatic rings. The van der Waals surface area contributed by atoms with Gasteiger partial charge < -0.3 is 5.11 Å². The zero-order valence-electron chi connectivity index (χ0n) is 4.43. The maximum Gasteiger partial charge on any atom is 0.305 e. The standard InChI is InChI=1S/C4H8O2.Sn/c1-3(2)4(5)6;/h3H,1-2H3,(H,5,6);. The molecule has 4 radical (unpaired) electrons. The Morgan fingerprint density at radius 1 is 1.57 bits per heavy atom. The van der Waals surface area contributed by atoms with Crippen molar-refractivity contribution in [2.45, 2.75) is 13.8 Å². The van der Waals surface area contributed by atoms with Crippen LogP contribution in [0.4, 0.5) is 0 Å². The fourth-order valence-corrected chi connectivity index (χ4v) is 0. The van der Waals surface area contributed by atoms with Crippen molar-refractivity contribution in [3.63, 3.8) is 0 Å². The van der Waals surface area contributed by atoms with Crippen molar-refractivity contribution in [1.82, 2.24) is 0 Å². The summed E-state index contributed by atoms with van der Waals surface area (Å²) >= 11 is 0. The van der Waals surface area contributed by atoms with Crippen molar-refractivity contribution in [3.05, 3.63) is 0 Å². The molecule has 0 atom stereocenters. The summed E-state index contributed by atoms with van der Waals surface area (Å²) in [5, 5.41) is 7.99. The van der Waals surface area contributed by atoms with E-state index in [9.17, 15) is 4.79 Å². The average Bonchev–Trinajstić information content (AvgIpc) is 1.36. The Morgan fingerprint density at radius 3 is 1.71 bits per heavy atom. The van der Waals surface area contributed by atoms with Gasteiger partial charge in [-0.25, -0.2) is 0 Å². The second-order valence-electron chi connectivity index (χ2n) is 1.49. The van der Waals surface area contributed by atoms with E-state index < -0.39 is 5.97 Å². The first-order valence-corrected chi connectivity index (χ1v) is 1.87. The summed E-state index contributed by atoms with van der Waals surface area (Å²) in [5.41, 5.74) is 0. The molecule has 2 nitrogen and oxygen atoms in total. The summed E-state index contributed by atoms with van der Waals surface area (Å²) in [5.74, 6) is -0.972. The number of aliphatic carboxylic acids is 1. The minimum Gasteiger partial charge on any atom is -0.481 e. The Morgan fingerprint density at radius 2 is 1.71 bits per heavy atom. The predicted molar refractivity (Wildman–Crippen MR) is 28.2 cm³/mol. The van der Waals surface area contributed by atoms with Crippen molar-refractivity contribution in [1.29, 1.82) is 0 Å². The van der Waals surface area contributed by atoms with Crippen LogP contribution in [0.5, 0.6) is 0 Å². The summed E-state index contributed by atoms with van der Waals surface area (Å²) in [4.78, 5) is 9.70. The second-order valence-corrected chi connectivity index (χ2v) is 1.49. The van der Waals surface area contributed by atoms with Gasteiger partial charge in [-0.05, 0) is 0 Å². The fraction of sp³-hybridized carbons (Fsp3) is 0.750. The van der Waals surface area contributed by atoms with Gasteiger partial charge in [0.15, 0.2) is 0 Å². The first-order valence-electron chi connectivity index (χ1n) is 1.87. The molecule has 0 aromatic heterocycles. The van der Waals surface area contributed by atoms with Gasteiger partial charge in [0.05, 0.1) is 5.92 Å². The first kappa shape index (κ1) is 10.3. The maximum atomic E-state index is 9.70. The van der Waals surface area contributed by atoms with E-state index in [0.29, 0.717) is 0 Å². The third-order valence-corrected chi connectivity index (χ3v) is 0.494. The molecule has 0 bridgehead atoms. The molecule has 0 saturated carbocycles. The molecule has 0 saturated heterocycles. The molecule has 3 heteroatoms. The van der Waals surface area contributed by atoms with Crippen LogP contribution in [0.2, 0.25) is 0 Å². The third-order valence-electron chi connectivity index (χ3n) is 0.494. The maximum absolute atomic E-state index is 9.70. The largest absolute Gasteiger partial charge is 0.481 e. The van der Waals surface area contributed by atoms with Crippen molar-refractivity contribution in [2.75, 3.05) is 0 Å². The van der Waals surface area contributed by atoms with Gasteiger partial charge in [0.25, 0.3) is 0 Å². The first-order chi connectivity index (χ1) is 2.64. The van der Waals surface area contributed by atoms with Crippen molar-refractivity contribution in [2.24, 2.45) is 5.92 Å². The summed E-state index contributed by atoms with van der Waals surface area (Å²) in [6.45, 7) is 3.28. The van der Waals surface area contributed by atoms with Gasteiger partial charge in [-0.15, -0.1) is 0 Å². The molecule has 40 valence electrons. The van der Waals surface area contributed by atoms with Crippen LogP contribution in [0.25, 0.3) is 0 Å². The molecule has 0 aromatic rings. The van der Waals surface area contributed by atoms with Gasteiger partial charge >= 0.3 is 5.97 Å². The molecule has 0 aliphatic heterocycles. The SMILES string of the molecule is CC(C)C(=O)O.[Sn]. The number of carboxylic acid groups (broad SMARTS) is 1. The van der Waals surface area contributed by atoms with Crippen LogP contribution in [0.15, 0.2) is 0 Å². The van der Waals surface area contributed by atoms with Crippen molar-refractivity contribution in [3.8, 4) is 0 Å². The van der Waals surface area contributed by atoms with Crippen LogP contribution in [-0.2, 0) is 4.79 Å². The molecule has 0 heterocycles. The summed E-state index contributed by atoms with van der Waals surface area (Å²) in [6.07, 6.45) is 0. The minimum atomic E-state index is -0.741. The average molecular weight is 207 g/mol. The minimum absolute atomic E-state index is 0. The number of hydrogen-bond donors (Lipinski definition) is 1. The van der Waals surface area contributed by atoms with E-state index in [2.05, 4.69) is 0 Å². The molecule has 7 heavy (non-hydrogen) atoms. The Bertz CT molecular complexity index is 60.7. The zero-order valence-corrected chi connectivity index (χ0v) is 7.29. The third kappa shape index (κ3) is 6.27. The number of carboxylic acids is 1. The number of rotatable bonds is 1. The van der Waals surface area contributed by atoms with Gasteiger partial charge in [0, 0.05) is 23.9 Å². The van der Waals surface area contributed by atoms with Crippen molar-refractivity contribution < 1.29 is 9.90 Å². The summed E-state index contributed by atoms with van der Waals surface area (Å²) < 4.78 is 0. The molecule has 0 aromatic carbocycles. The number of hydrogen-bond acceptors (Lipinski definition) is 1. The van der Waals surface area contributed by atoms with Gasteiger partial charge in [-0.3, -0.25) is 4.79 Å². The van der Waals surface area contributed by atoms with Crippen LogP contribution in [-0.4, -0.2) is 35.0 Å². The molecule has 0 unspecified atom stereocenters. The van der Waals surface area contributed by atoms with E-state index >= 15 is 0 Å². The molecule has 0 spiro atoms. The van der Waals surface area contributed by atoms with E-state index in [1.807, 2.05) is 0 Å². The topological polar surface area (TPSA) is 37.3 Å². The van der Waals surface area contributed by atoms with E-state index in [1.165, 1.54) is 0 Å². The molecule has 0 fully saturated rings. The van der Waals surface area contributed by atoms with Gasteiger partial charge in [0.1, 0.15) is 0 Å². The molecule has 0 rings (SSSR count). The fourth-order valence-electron chi connectivity index (χ4n) is 0. The van der Waals surface area contributed by atoms with Crippen LogP contribution in [0.1, 0.15) is 13.8 Å². The molecule has 0 aliphatic carbocycles. The molecular formula is C4H8O2Sn. The quantitative estimate of drug-likeness (QED) is 0.629. The van der Waals surface area contributed by atoms with Gasteiger partial charge in [-0.1, -0.05) is 13.8 Å². The van der Waals surface area contributed by atoms with Crippen LogP contribution < -0.4 is 0 Å². The monoisotopic (exact) mass is 208 g/mol. The summed E-state index contributed by atoms with van der Waals surface area (Å²) in [6, 6.07) is 0. The van der Waals surface area contributed by atoms with Crippen LogP contribution >= 0.6 is 0 Å². The molecule has 0 amide bonds. The Labute approximate surface area is 59.9 Å². The summed E-state index contributed by atoms with van der Waals surface area (Å²) in [7, 11) is 0. The number of carbonyl (C=O) groups is 1. The van der Waals surface area contributed by atoms with Gasteiger partial charge in [-0.2, -0.15) is 0 Å². The Kier molecular flexibility index (Phi) is 6.51. The predicted octanol–water partition coefficient (Wildman–Crippen LogP) is 0.346.